The second-order valence-electron chi connectivity index (χ2n) is 4.78. The van der Waals surface area contributed by atoms with E-state index >= 15 is 0 Å². The minimum Gasteiger partial charge on any atom is -0.307 e. The van der Waals surface area contributed by atoms with E-state index in [1.54, 1.807) is 12.1 Å². The topological polar surface area (TPSA) is 12.0 Å². The van der Waals surface area contributed by atoms with E-state index in [4.69, 9.17) is 0 Å². The minimum atomic E-state index is -0.0927. The molecular formula is C14H20FN. The van der Waals surface area contributed by atoms with Crippen LogP contribution < -0.4 is 5.32 Å². The van der Waals surface area contributed by atoms with Crippen LogP contribution in [0.25, 0.3) is 0 Å². The summed E-state index contributed by atoms with van der Waals surface area (Å²) >= 11 is 0. The molecule has 88 valence electrons. The van der Waals surface area contributed by atoms with E-state index in [9.17, 15) is 4.39 Å². The molecule has 2 unspecified atom stereocenters. The van der Waals surface area contributed by atoms with Crippen molar-refractivity contribution in [2.75, 3.05) is 0 Å². The lowest BCUT2D eigenvalue weighted by molar-refractivity contribution is 0.403. The molecule has 0 heterocycles. The maximum Gasteiger partial charge on any atom is 0.127 e. The Bertz CT molecular complexity index is 346. The van der Waals surface area contributed by atoms with Gasteiger partial charge >= 0.3 is 0 Å². The van der Waals surface area contributed by atoms with Crippen LogP contribution in [-0.4, -0.2) is 6.04 Å². The average molecular weight is 221 g/mol. The molecule has 0 amide bonds. The van der Waals surface area contributed by atoms with Crippen molar-refractivity contribution < 1.29 is 4.39 Å². The summed E-state index contributed by atoms with van der Waals surface area (Å²) < 4.78 is 13.7. The predicted octanol–water partition coefficient (Wildman–Crippen LogP) is 3.66. The Morgan fingerprint density at radius 2 is 2.06 bits per heavy atom. The zero-order valence-corrected chi connectivity index (χ0v) is 10.0. The van der Waals surface area contributed by atoms with Crippen molar-refractivity contribution in [1.82, 2.24) is 5.32 Å². The van der Waals surface area contributed by atoms with Gasteiger partial charge in [-0.2, -0.15) is 0 Å². The SMILES string of the molecule is CCC(NC(C)C1CC1)c1ccccc1F. The summed E-state index contributed by atoms with van der Waals surface area (Å²) in [5.74, 6) is 0.714. The number of rotatable bonds is 5. The molecule has 1 fully saturated rings. The highest BCUT2D eigenvalue weighted by Gasteiger charge is 2.29. The van der Waals surface area contributed by atoms with Crippen LogP contribution in [0, 0.1) is 11.7 Å². The van der Waals surface area contributed by atoms with Crippen molar-refractivity contribution in [2.24, 2.45) is 5.92 Å². The van der Waals surface area contributed by atoms with E-state index in [0.29, 0.717) is 6.04 Å². The molecule has 1 aromatic rings. The molecule has 1 nitrogen and oxygen atoms in total. The molecule has 1 aliphatic carbocycles. The average Bonchev–Trinajstić information content (AvgIpc) is 3.10. The van der Waals surface area contributed by atoms with Crippen molar-refractivity contribution in [2.45, 2.75) is 45.2 Å². The zero-order valence-electron chi connectivity index (χ0n) is 10.0. The first-order valence-corrected chi connectivity index (χ1v) is 6.22. The molecule has 1 aromatic carbocycles. The first-order chi connectivity index (χ1) is 7.72. The smallest absolute Gasteiger partial charge is 0.127 e. The van der Waals surface area contributed by atoms with Gasteiger partial charge in [0.25, 0.3) is 0 Å². The Morgan fingerprint density at radius 1 is 1.38 bits per heavy atom. The molecule has 0 radical (unpaired) electrons. The van der Waals surface area contributed by atoms with Crippen LogP contribution in [0.5, 0.6) is 0 Å². The van der Waals surface area contributed by atoms with Gasteiger partial charge in [-0.05, 0) is 38.2 Å². The Kier molecular flexibility index (Phi) is 3.59. The van der Waals surface area contributed by atoms with Crippen LogP contribution in [0.2, 0.25) is 0 Å². The van der Waals surface area contributed by atoms with E-state index in [0.717, 1.165) is 17.9 Å². The number of nitrogens with one attached hydrogen (secondary N) is 1. The highest BCUT2D eigenvalue weighted by molar-refractivity contribution is 5.21. The first kappa shape index (κ1) is 11.6. The summed E-state index contributed by atoms with van der Waals surface area (Å²) in [5, 5.41) is 3.55. The van der Waals surface area contributed by atoms with Gasteiger partial charge in [-0.1, -0.05) is 25.1 Å². The van der Waals surface area contributed by atoms with Gasteiger partial charge in [0.15, 0.2) is 0 Å². The standard InChI is InChI=1S/C14H20FN/c1-3-14(16-10(2)11-8-9-11)12-6-4-5-7-13(12)15/h4-7,10-11,14,16H,3,8-9H2,1-2H3. The first-order valence-electron chi connectivity index (χ1n) is 6.22. The van der Waals surface area contributed by atoms with Crippen LogP contribution in [0.4, 0.5) is 4.39 Å². The van der Waals surface area contributed by atoms with E-state index < -0.39 is 0 Å². The van der Waals surface area contributed by atoms with Gasteiger partial charge in [0.2, 0.25) is 0 Å². The van der Waals surface area contributed by atoms with Gasteiger partial charge in [0, 0.05) is 17.6 Å². The van der Waals surface area contributed by atoms with Gasteiger partial charge in [0.1, 0.15) is 5.82 Å². The fourth-order valence-corrected chi connectivity index (χ4v) is 2.23. The second kappa shape index (κ2) is 4.96. The summed E-state index contributed by atoms with van der Waals surface area (Å²) in [5.41, 5.74) is 0.803. The maximum absolute atomic E-state index is 13.7. The Balaban J connectivity index is 2.06. The van der Waals surface area contributed by atoms with Crippen molar-refractivity contribution in [3.63, 3.8) is 0 Å². The van der Waals surface area contributed by atoms with Crippen molar-refractivity contribution >= 4 is 0 Å². The summed E-state index contributed by atoms with van der Waals surface area (Å²) in [6.45, 7) is 4.31. The molecule has 0 saturated heterocycles. The van der Waals surface area contributed by atoms with Gasteiger partial charge in [-0.25, -0.2) is 4.39 Å². The third-order valence-corrected chi connectivity index (χ3v) is 3.48. The van der Waals surface area contributed by atoms with E-state index in [2.05, 4.69) is 19.2 Å². The number of hydrogen-bond acceptors (Lipinski definition) is 1. The molecule has 2 atom stereocenters. The molecule has 2 heteroatoms. The van der Waals surface area contributed by atoms with Crippen LogP contribution in [0.1, 0.15) is 44.7 Å². The van der Waals surface area contributed by atoms with Gasteiger partial charge < -0.3 is 5.32 Å². The quantitative estimate of drug-likeness (QED) is 0.800. The predicted molar refractivity (Wildman–Crippen MR) is 64.8 cm³/mol. The highest BCUT2D eigenvalue weighted by Crippen LogP contribution is 2.34. The summed E-state index contributed by atoms with van der Waals surface area (Å²) in [7, 11) is 0. The van der Waals surface area contributed by atoms with Crippen LogP contribution in [-0.2, 0) is 0 Å². The van der Waals surface area contributed by atoms with Gasteiger partial charge in [0.05, 0.1) is 0 Å². The fourth-order valence-electron chi connectivity index (χ4n) is 2.23. The lowest BCUT2D eigenvalue weighted by Crippen LogP contribution is -2.32. The number of halogens is 1. The molecule has 0 aromatic heterocycles. The molecule has 1 N–H and O–H groups in total. The highest BCUT2D eigenvalue weighted by atomic mass is 19.1. The van der Waals surface area contributed by atoms with Crippen molar-refractivity contribution in [3.8, 4) is 0 Å². The lowest BCUT2D eigenvalue weighted by atomic mass is 10.0. The molecule has 1 saturated carbocycles. The van der Waals surface area contributed by atoms with Crippen LogP contribution in [0.3, 0.4) is 0 Å². The molecule has 0 bridgehead atoms. The number of benzene rings is 1. The molecule has 1 aliphatic rings. The molecule has 16 heavy (non-hydrogen) atoms. The number of hydrogen-bond donors (Lipinski definition) is 1. The van der Waals surface area contributed by atoms with Crippen molar-refractivity contribution in [1.29, 1.82) is 0 Å². The van der Waals surface area contributed by atoms with E-state index in [-0.39, 0.29) is 11.9 Å². The van der Waals surface area contributed by atoms with E-state index in [1.165, 1.54) is 12.8 Å². The van der Waals surface area contributed by atoms with Crippen LogP contribution in [0.15, 0.2) is 24.3 Å². The van der Waals surface area contributed by atoms with Crippen molar-refractivity contribution in [3.05, 3.63) is 35.6 Å². The summed E-state index contributed by atoms with van der Waals surface area (Å²) in [6.07, 6.45) is 3.57. The van der Waals surface area contributed by atoms with Gasteiger partial charge in [-0.15, -0.1) is 0 Å². The monoisotopic (exact) mass is 221 g/mol. The fraction of sp³-hybridized carbons (Fsp3) is 0.571. The zero-order chi connectivity index (χ0) is 11.5. The van der Waals surface area contributed by atoms with Gasteiger partial charge in [-0.3, -0.25) is 0 Å². The normalized spacial score (nSPS) is 19.4. The second-order valence-corrected chi connectivity index (χ2v) is 4.78. The Hall–Kier alpha value is -0.890. The maximum atomic E-state index is 13.7. The van der Waals surface area contributed by atoms with Crippen LogP contribution >= 0.6 is 0 Å². The third-order valence-electron chi connectivity index (χ3n) is 3.48. The minimum absolute atomic E-state index is 0.0927. The molecule has 0 aliphatic heterocycles. The molecule has 2 rings (SSSR count). The molecular weight excluding hydrogens is 201 g/mol. The Morgan fingerprint density at radius 3 is 2.62 bits per heavy atom. The lowest BCUT2D eigenvalue weighted by Gasteiger charge is -2.23. The third kappa shape index (κ3) is 2.62. The summed E-state index contributed by atoms with van der Waals surface area (Å²) in [4.78, 5) is 0. The Labute approximate surface area is 97.1 Å². The largest absolute Gasteiger partial charge is 0.307 e. The summed E-state index contributed by atoms with van der Waals surface area (Å²) in [6, 6.07) is 7.74. The van der Waals surface area contributed by atoms with E-state index in [1.807, 2.05) is 12.1 Å². The molecule has 0 spiro atoms.